The fourth-order valence-corrected chi connectivity index (χ4v) is 2.74. The minimum Gasteiger partial charge on any atom is -0.243 e. The van der Waals surface area contributed by atoms with Crippen molar-refractivity contribution in [1.82, 2.24) is 4.98 Å². The normalized spacial score (nSPS) is 12.9. The minimum atomic E-state index is -4.54. The van der Waals surface area contributed by atoms with Crippen molar-refractivity contribution in [3.05, 3.63) is 22.3 Å². The van der Waals surface area contributed by atoms with Gasteiger partial charge in [0, 0.05) is 12.5 Å². The zero-order valence-electron chi connectivity index (χ0n) is 7.34. The van der Waals surface area contributed by atoms with Gasteiger partial charge in [-0.25, -0.2) is 13.4 Å². The minimum absolute atomic E-state index is 0.195. The molecule has 1 rings (SSSR count). The van der Waals surface area contributed by atoms with Gasteiger partial charge in [-0.2, -0.15) is 13.2 Å². The molecule has 0 saturated carbocycles. The smallest absolute Gasteiger partial charge is 0.243 e. The number of sulfone groups is 1. The maximum absolute atomic E-state index is 12.2. The summed E-state index contributed by atoms with van der Waals surface area (Å²) >= 11 is 2.73. The zero-order valence-corrected chi connectivity index (χ0v) is 9.74. The molecule has 0 unspecified atom stereocenters. The van der Waals surface area contributed by atoms with Gasteiger partial charge in [0.05, 0.1) is 10.0 Å². The van der Waals surface area contributed by atoms with Crippen LogP contribution >= 0.6 is 15.9 Å². The van der Waals surface area contributed by atoms with Gasteiger partial charge in [-0.05, 0) is 22.0 Å². The Balaban J connectivity index is 3.34. The van der Waals surface area contributed by atoms with Crippen LogP contribution in [0.4, 0.5) is 13.2 Å². The molecular weight excluding hydrogens is 299 g/mol. The predicted octanol–water partition coefficient (Wildman–Crippen LogP) is 2.27. The lowest BCUT2D eigenvalue weighted by Gasteiger charge is -2.07. The number of hydrogen-bond donors (Lipinski definition) is 0. The Morgan fingerprint density at radius 3 is 2.27 bits per heavy atom. The first-order valence-corrected chi connectivity index (χ1v) is 6.23. The van der Waals surface area contributed by atoms with Crippen LogP contribution in [0.1, 0.15) is 5.56 Å². The van der Waals surface area contributed by atoms with E-state index in [-0.39, 0.29) is 4.47 Å². The van der Waals surface area contributed by atoms with E-state index in [1.807, 2.05) is 0 Å². The maximum atomic E-state index is 12.2. The summed E-state index contributed by atoms with van der Waals surface area (Å²) in [6, 6.07) is 0.684. The highest BCUT2D eigenvalue weighted by Crippen LogP contribution is 2.32. The first-order chi connectivity index (χ1) is 6.62. The summed E-state index contributed by atoms with van der Waals surface area (Å²) in [5.41, 5.74) is -0.998. The van der Waals surface area contributed by atoms with Gasteiger partial charge in [-0.1, -0.05) is 0 Å². The van der Waals surface area contributed by atoms with Gasteiger partial charge in [-0.3, -0.25) is 0 Å². The highest BCUT2D eigenvalue weighted by atomic mass is 79.9. The van der Waals surface area contributed by atoms with Crippen molar-refractivity contribution in [1.29, 1.82) is 0 Å². The molecule has 0 N–H and O–H groups in total. The molecule has 1 heterocycles. The van der Waals surface area contributed by atoms with E-state index in [0.29, 0.717) is 12.3 Å². The van der Waals surface area contributed by atoms with Gasteiger partial charge in [0.1, 0.15) is 0 Å². The molecule has 1 aromatic heterocycles. The van der Waals surface area contributed by atoms with Gasteiger partial charge >= 0.3 is 6.18 Å². The Morgan fingerprint density at radius 1 is 1.40 bits per heavy atom. The molecule has 0 amide bonds. The molecule has 0 aliphatic rings. The van der Waals surface area contributed by atoms with Crippen LogP contribution in [0.3, 0.4) is 0 Å². The molecular formula is C7H5BrF3NO2S. The van der Waals surface area contributed by atoms with Gasteiger partial charge in [0.2, 0.25) is 0 Å². The second-order valence-corrected chi connectivity index (χ2v) is 5.57. The molecule has 84 valence electrons. The molecule has 0 bridgehead atoms. The standard InChI is InChI=1S/C7H5BrF3NO2S/c1-15(13,14)6-5(8)2-4(3-12-6)7(9,10)11/h2-3H,1H3. The molecule has 0 spiro atoms. The maximum Gasteiger partial charge on any atom is 0.417 e. The fourth-order valence-electron chi connectivity index (χ4n) is 0.853. The average Bonchev–Trinajstić information content (AvgIpc) is 1.99. The molecule has 8 heteroatoms. The largest absolute Gasteiger partial charge is 0.417 e. The van der Waals surface area contributed by atoms with E-state index in [1.54, 1.807) is 0 Å². The van der Waals surface area contributed by atoms with Crippen molar-refractivity contribution >= 4 is 25.8 Å². The van der Waals surface area contributed by atoms with E-state index < -0.39 is 26.6 Å². The quantitative estimate of drug-likeness (QED) is 0.799. The number of rotatable bonds is 1. The second-order valence-electron chi connectivity index (χ2n) is 2.78. The highest BCUT2D eigenvalue weighted by molar-refractivity contribution is 9.10. The summed E-state index contributed by atoms with van der Waals surface area (Å²) in [7, 11) is -3.62. The Labute approximate surface area is 92.4 Å². The van der Waals surface area contributed by atoms with Crippen LogP contribution < -0.4 is 0 Å². The third-order valence-electron chi connectivity index (χ3n) is 1.49. The Hall–Kier alpha value is -0.630. The molecule has 0 saturated heterocycles. The van der Waals surface area contributed by atoms with E-state index >= 15 is 0 Å². The topological polar surface area (TPSA) is 47.0 Å². The first kappa shape index (κ1) is 12.4. The zero-order chi connectivity index (χ0) is 11.9. The SMILES string of the molecule is CS(=O)(=O)c1ncc(C(F)(F)F)cc1Br. The Morgan fingerprint density at radius 2 is 1.93 bits per heavy atom. The fraction of sp³-hybridized carbons (Fsp3) is 0.286. The van der Waals surface area contributed by atoms with Crippen molar-refractivity contribution < 1.29 is 21.6 Å². The van der Waals surface area contributed by atoms with Crippen molar-refractivity contribution in [3.8, 4) is 0 Å². The lowest BCUT2D eigenvalue weighted by Crippen LogP contribution is -2.08. The first-order valence-electron chi connectivity index (χ1n) is 3.55. The highest BCUT2D eigenvalue weighted by Gasteiger charge is 2.32. The number of halogens is 4. The number of aromatic nitrogens is 1. The third kappa shape index (κ3) is 2.91. The van der Waals surface area contributed by atoms with Crippen molar-refractivity contribution in [2.75, 3.05) is 6.26 Å². The molecule has 0 fully saturated rings. The number of nitrogens with zero attached hydrogens (tertiary/aromatic N) is 1. The van der Waals surface area contributed by atoms with Gasteiger partial charge in [-0.15, -0.1) is 0 Å². The molecule has 0 aromatic carbocycles. The summed E-state index contributed by atoms with van der Waals surface area (Å²) in [6.45, 7) is 0. The molecule has 3 nitrogen and oxygen atoms in total. The monoisotopic (exact) mass is 303 g/mol. The summed E-state index contributed by atoms with van der Waals surface area (Å²) in [5.74, 6) is 0. The van der Waals surface area contributed by atoms with E-state index in [0.717, 1.165) is 6.26 Å². The molecule has 1 aromatic rings. The molecule has 0 atom stereocenters. The van der Waals surface area contributed by atoms with Gasteiger partial charge in [0.25, 0.3) is 0 Å². The second kappa shape index (κ2) is 3.75. The van der Waals surface area contributed by atoms with Crippen molar-refractivity contribution in [2.45, 2.75) is 11.2 Å². The number of hydrogen-bond acceptors (Lipinski definition) is 3. The van der Waals surface area contributed by atoms with E-state index in [2.05, 4.69) is 20.9 Å². The Kier molecular flexibility index (Phi) is 3.11. The van der Waals surface area contributed by atoms with Crippen LogP contribution in [0.25, 0.3) is 0 Å². The number of alkyl halides is 3. The molecule has 0 radical (unpaired) electrons. The molecule has 15 heavy (non-hydrogen) atoms. The third-order valence-corrected chi connectivity index (χ3v) is 3.38. The van der Waals surface area contributed by atoms with Crippen LogP contribution in [0.15, 0.2) is 21.8 Å². The van der Waals surface area contributed by atoms with Gasteiger partial charge < -0.3 is 0 Å². The summed E-state index contributed by atoms with van der Waals surface area (Å²) in [6.07, 6.45) is -3.18. The van der Waals surface area contributed by atoms with E-state index in [9.17, 15) is 21.6 Å². The van der Waals surface area contributed by atoms with Crippen LogP contribution in [0.2, 0.25) is 0 Å². The molecule has 0 aliphatic heterocycles. The van der Waals surface area contributed by atoms with Crippen LogP contribution in [0.5, 0.6) is 0 Å². The van der Waals surface area contributed by atoms with Crippen LogP contribution in [0, 0.1) is 0 Å². The number of pyridine rings is 1. The average molecular weight is 304 g/mol. The lowest BCUT2D eigenvalue weighted by molar-refractivity contribution is -0.137. The summed E-state index contributed by atoms with van der Waals surface area (Å²) in [4.78, 5) is 3.26. The summed E-state index contributed by atoms with van der Waals surface area (Å²) in [5, 5.41) is -0.407. The van der Waals surface area contributed by atoms with E-state index in [1.165, 1.54) is 0 Å². The Bertz CT molecular complexity index is 483. The van der Waals surface area contributed by atoms with Crippen molar-refractivity contribution in [3.63, 3.8) is 0 Å². The lowest BCUT2D eigenvalue weighted by atomic mass is 10.3. The van der Waals surface area contributed by atoms with Crippen LogP contribution in [-0.2, 0) is 16.0 Å². The molecule has 0 aliphatic carbocycles. The predicted molar refractivity (Wildman–Crippen MR) is 50.0 cm³/mol. The van der Waals surface area contributed by atoms with Crippen molar-refractivity contribution in [2.24, 2.45) is 0 Å². The van der Waals surface area contributed by atoms with E-state index in [4.69, 9.17) is 0 Å². The summed E-state index contributed by atoms with van der Waals surface area (Å²) < 4.78 is 58.4. The van der Waals surface area contributed by atoms with Gasteiger partial charge in [0.15, 0.2) is 14.9 Å². The van der Waals surface area contributed by atoms with Crippen LogP contribution in [-0.4, -0.2) is 19.7 Å².